The molecule has 0 spiro atoms. The van der Waals surface area contributed by atoms with Crippen LogP contribution in [0.25, 0.3) is 11.1 Å². The largest absolute Gasteiger partial charge is 0.461 e. The fraction of sp³-hybridized carbons (Fsp3) is 0.343. The maximum absolute atomic E-state index is 13.9. The van der Waals surface area contributed by atoms with Gasteiger partial charge in [-0.1, -0.05) is 24.3 Å². The number of amides is 1. The number of hydrogen-bond donors (Lipinski definition) is 2. The van der Waals surface area contributed by atoms with Crippen LogP contribution in [0.15, 0.2) is 85.5 Å². The van der Waals surface area contributed by atoms with E-state index in [4.69, 9.17) is 4.74 Å². The molecule has 1 aliphatic heterocycles. The Morgan fingerprint density at radius 3 is 2.37 bits per heavy atom. The van der Waals surface area contributed by atoms with Crippen molar-refractivity contribution in [2.24, 2.45) is 0 Å². The highest BCUT2D eigenvalue weighted by molar-refractivity contribution is 7.98. The molecule has 1 unspecified atom stereocenters. The number of anilines is 1. The van der Waals surface area contributed by atoms with Crippen LogP contribution < -0.4 is 10.6 Å². The average molecular weight is 648 g/mol. The van der Waals surface area contributed by atoms with E-state index in [1.807, 2.05) is 30.1 Å². The lowest BCUT2D eigenvalue weighted by molar-refractivity contribution is -0.153. The second-order valence-electron chi connectivity index (χ2n) is 11.5. The normalized spacial score (nSPS) is 15.2. The molecule has 1 fully saturated rings. The maximum Gasteiger partial charge on any atom is 0.328 e. The summed E-state index contributed by atoms with van der Waals surface area (Å²) in [5.41, 5.74) is 3.20. The van der Waals surface area contributed by atoms with Crippen LogP contribution in [0.4, 0.5) is 14.5 Å². The molecule has 46 heavy (non-hydrogen) atoms. The molecule has 1 aliphatic rings. The number of rotatable bonds is 13. The van der Waals surface area contributed by atoms with Crippen molar-refractivity contribution < 1.29 is 23.1 Å². The number of carbonyl (C=O) groups is 2. The zero-order valence-electron chi connectivity index (χ0n) is 26.0. The number of benzene rings is 3. The van der Waals surface area contributed by atoms with Gasteiger partial charge >= 0.3 is 5.97 Å². The second-order valence-corrected chi connectivity index (χ2v) is 12.5. The molecule has 3 aromatic carbocycles. The van der Waals surface area contributed by atoms with Crippen molar-refractivity contribution in [3.05, 3.63) is 108 Å². The van der Waals surface area contributed by atoms with Crippen molar-refractivity contribution in [3.63, 3.8) is 0 Å². The Morgan fingerprint density at radius 1 is 1.02 bits per heavy atom. The summed E-state index contributed by atoms with van der Waals surface area (Å²) in [6.07, 6.45) is 8.98. The minimum absolute atomic E-state index is 0.168. The maximum atomic E-state index is 13.9. The van der Waals surface area contributed by atoms with Gasteiger partial charge in [-0.3, -0.25) is 4.79 Å². The molecule has 2 atom stereocenters. The minimum atomic E-state index is -0.801. The van der Waals surface area contributed by atoms with E-state index in [9.17, 15) is 18.4 Å². The van der Waals surface area contributed by atoms with E-state index >= 15 is 0 Å². The molecule has 8 nitrogen and oxygen atoms in total. The van der Waals surface area contributed by atoms with E-state index in [1.165, 1.54) is 24.3 Å². The Kier molecular flexibility index (Phi) is 11.4. The fourth-order valence-corrected chi connectivity index (χ4v) is 6.01. The highest BCUT2D eigenvalue weighted by atomic mass is 32.2. The van der Waals surface area contributed by atoms with Crippen LogP contribution >= 0.6 is 11.8 Å². The van der Waals surface area contributed by atoms with Crippen LogP contribution in [0.1, 0.15) is 41.2 Å². The highest BCUT2D eigenvalue weighted by Crippen LogP contribution is 2.29. The number of ether oxygens (including phenoxy) is 1. The van der Waals surface area contributed by atoms with Gasteiger partial charge in [-0.15, -0.1) is 0 Å². The Hall–Kier alpha value is -4.22. The molecule has 2 heterocycles. The molecular formula is C35H39F2N5O3S. The molecule has 0 aliphatic carbocycles. The van der Waals surface area contributed by atoms with Crippen LogP contribution in [0.5, 0.6) is 0 Å². The van der Waals surface area contributed by atoms with Crippen molar-refractivity contribution in [2.75, 3.05) is 44.0 Å². The van der Waals surface area contributed by atoms with E-state index in [1.54, 1.807) is 60.7 Å². The van der Waals surface area contributed by atoms with E-state index in [2.05, 4.69) is 20.5 Å². The summed E-state index contributed by atoms with van der Waals surface area (Å²) in [4.78, 5) is 33.4. The zero-order valence-corrected chi connectivity index (χ0v) is 26.8. The molecule has 242 valence electrons. The first-order valence-electron chi connectivity index (χ1n) is 15.4. The van der Waals surface area contributed by atoms with Crippen LogP contribution in [0, 0.1) is 11.6 Å². The van der Waals surface area contributed by atoms with Crippen molar-refractivity contribution in [3.8, 4) is 11.1 Å². The van der Waals surface area contributed by atoms with Crippen LogP contribution in [-0.4, -0.2) is 77.2 Å². The molecule has 4 aromatic rings. The number of piperidine rings is 1. The standard InChI is InChI=1S/C35H39F2N5O3S/c1-41-17-13-29(14-18-41)45-35(44)32(15-20-46-2)40-34(43)30-12-11-28(21-31(30)24-3-7-26(36)8-4-24)39-22-33(42-19-16-38-23-42)25-5-9-27(37)10-6-25/h3-12,16,19,21,23,29,32-33,39H,13-15,17-18,20,22H2,1-2H3,(H,40,43)/t32-,33?/m0/s1. The van der Waals surface area contributed by atoms with Gasteiger partial charge in [0.15, 0.2) is 0 Å². The lowest BCUT2D eigenvalue weighted by atomic mass is 9.97. The van der Waals surface area contributed by atoms with Crippen LogP contribution in [-0.2, 0) is 9.53 Å². The zero-order chi connectivity index (χ0) is 32.5. The third kappa shape index (κ3) is 8.73. The summed E-state index contributed by atoms with van der Waals surface area (Å²) in [5, 5.41) is 6.37. The minimum Gasteiger partial charge on any atom is -0.461 e. The van der Waals surface area contributed by atoms with Gasteiger partial charge in [0.1, 0.15) is 23.8 Å². The molecule has 1 saturated heterocycles. The Morgan fingerprint density at radius 2 is 1.72 bits per heavy atom. The third-order valence-electron chi connectivity index (χ3n) is 8.21. The highest BCUT2D eigenvalue weighted by Gasteiger charge is 2.28. The van der Waals surface area contributed by atoms with E-state index in [0.717, 1.165) is 37.2 Å². The van der Waals surface area contributed by atoms with Gasteiger partial charge in [0.2, 0.25) is 0 Å². The summed E-state index contributed by atoms with van der Waals surface area (Å²) in [5.74, 6) is -0.873. The van der Waals surface area contributed by atoms with Gasteiger partial charge in [0, 0.05) is 43.3 Å². The molecule has 5 rings (SSSR count). The first-order valence-corrected chi connectivity index (χ1v) is 16.8. The molecule has 0 saturated carbocycles. The molecular weight excluding hydrogens is 608 g/mol. The predicted octanol–water partition coefficient (Wildman–Crippen LogP) is 6.02. The van der Waals surface area contributed by atoms with E-state index in [0.29, 0.717) is 35.4 Å². The first-order chi connectivity index (χ1) is 22.3. The number of hydrogen-bond acceptors (Lipinski definition) is 7. The number of likely N-dealkylation sites (tertiary alicyclic amines) is 1. The smallest absolute Gasteiger partial charge is 0.328 e. The molecule has 1 aromatic heterocycles. The fourth-order valence-electron chi connectivity index (χ4n) is 5.54. The Bertz CT molecular complexity index is 1580. The van der Waals surface area contributed by atoms with E-state index in [-0.39, 0.29) is 23.8 Å². The van der Waals surface area contributed by atoms with Crippen LogP contribution in [0.3, 0.4) is 0 Å². The van der Waals surface area contributed by atoms with Crippen molar-refractivity contribution in [1.29, 1.82) is 0 Å². The van der Waals surface area contributed by atoms with E-state index < -0.39 is 17.9 Å². The molecule has 0 bridgehead atoms. The summed E-state index contributed by atoms with van der Waals surface area (Å²) in [6, 6.07) is 16.6. The van der Waals surface area contributed by atoms with Gasteiger partial charge in [-0.2, -0.15) is 11.8 Å². The van der Waals surface area contributed by atoms with Gasteiger partial charge in [0.05, 0.1) is 12.4 Å². The SMILES string of the molecule is CSCC[C@H](NC(=O)c1ccc(NCC(c2ccc(F)cc2)n2ccnc2)cc1-c1ccc(F)cc1)C(=O)OC1CCN(C)CC1. The molecule has 0 radical (unpaired) electrons. The quantitative estimate of drug-likeness (QED) is 0.172. The topological polar surface area (TPSA) is 88.5 Å². The lowest BCUT2D eigenvalue weighted by Gasteiger charge is -2.30. The number of thioether (sulfide) groups is 1. The van der Waals surface area contributed by atoms with Gasteiger partial charge in [0.25, 0.3) is 5.91 Å². The van der Waals surface area contributed by atoms with Crippen LogP contribution in [0.2, 0.25) is 0 Å². The number of carbonyl (C=O) groups excluding carboxylic acids is 2. The summed E-state index contributed by atoms with van der Waals surface area (Å²) >= 11 is 1.59. The van der Waals surface area contributed by atoms with Crippen molar-refractivity contribution in [1.82, 2.24) is 19.8 Å². The van der Waals surface area contributed by atoms with Crippen molar-refractivity contribution >= 4 is 29.3 Å². The number of nitrogens with zero attached hydrogens (tertiary/aromatic N) is 3. The second kappa shape index (κ2) is 15.9. The van der Waals surface area contributed by atoms with Gasteiger partial charge in [-0.25, -0.2) is 18.6 Å². The Labute approximate surface area is 272 Å². The third-order valence-corrected chi connectivity index (χ3v) is 8.85. The lowest BCUT2D eigenvalue weighted by Crippen LogP contribution is -2.45. The molecule has 1 amide bonds. The average Bonchev–Trinajstić information content (AvgIpc) is 3.60. The summed E-state index contributed by atoms with van der Waals surface area (Å²) < 4.78 is 35.3. The van der Waals surface area contributed by atoms with Gasteiger partial charge < -0.3 is 24.8 Å². The number of aromatic nitrogens is 2. The first kappa shape index (κ1) is 33.2. The van der Waals surface area contributed by atoms with Crippen molar-refractivity contribution in [2.45, 2.75) is 37.5 Å². The number of nitrogens with one attached hydrogen (secondary N) is 2. The summed E-state index contributed by atoms with van der Waals surface area (Å²) in [7, 11) is 2.04. The number of halogens is 2. The molecule has 11 heteroatoms. The number of imidazole rings is 1. The Balaban J connectivity index is 1.38. The summed E-state index contributed by atoms with van der Waals surface area (Å²) in [6.45, 7) is 2.15. The number of esters is 1. The monoisotopic (exact) mass is 647 g/mol. The molecule has 2 N–H and O–H groups in total. The predicted molar refractivity (Wildman–Crippen MR) is 178 cm³/mol. The van der Waals surface area contributed by atoms with Gasteiger partial charge in [-0.05, 0) is 97.5 Å².